The lowest BCUT2D eigenvalue weighted by atomic mass is 9.86. The van der Waals surface area contributed by atoms with Gasteiger partial charge in [-0.25, -0.2) is 0 Å². The second kappa shape index (κ2) is 6.61. The first-order valence-corrected chi connectivity index (χ1v) is 8.78. The van der Waals surface area contributed by atoms with Crippen LogP contribution in [0, 0.1) is 0 Å². The lowest BCUT2D eigenvalue weighted by molar-refractivity contribution is -0.228. The monoisotopic (exact) mass is 381 g/mol. The summed E-state index contributed by atoms with van der Waals surface area (Å²) in [5.74, 6) is -0.534. The Bertz CT molecular complexity index is 812. The third-order valence-corrected chi connectivity index (χ3v) is 4.77. The molecule has 1 aromatic heterocycles. The molecule has 0 radical (unpaired) electrons. The zero-order chi connectivity index (χ0) is 19.9. The fourth-order valence-corrected chi connectivity index (χ4v) is 3.46. The first-order valence-electron chi connectivity index (χ1n) is 8.78. The molecule has 1 atom stereocenters. The summed E-state index contributed by atoms with van der Waals surface area (Å²) < 4.78 is 42.5. The molecule has 0 N–H and O–H groups in total. The topological polar surface area (TPSA) is 63.9 Å². The second-order valence-electron chi connectivity index (χ2n) is 7.72. The largest absolute Gasteiger partial charge is 0.415 e. The summed E-state index contributed by atoms with van der Waals surface area (Å²) in [7, 11) is 0. The number of carbonyl (C=O) groups excluding carboxylic acids is 1. The Morgan fingerprint density at radius 3 is 2.41 bits per heavy atom. The van der Waals surface area contributed by atoms with Crippen molar-refractivity contribution >= 4 is 5.91 Å². The predicted octanol–water partition coefficient (Wildman–Crippen LogP) is 3.05. The maximum absolute atomic E-state index is 14.2. The van der Waals surface area contributed by atoms with Crippen molar-refractivity contribution in [3.8, 4) is 0 Å². The number of hydrogen-bond acceptors (Lipinski definition) is 4. The van der Waals surface area contributed by atoms with E-state index in [9.17, 15) is 18.0 Å². The van der Waals surface area contributed by atoms with Crippen molar-refractivity contribution in [1.82, 2.24) is 25.1 Å². The Labute approximate surface area is 155 Å². The van der Waals surface area contributed by atoms with Crippen molar-refractivity contribution in [2.45, 2.75) is 57.3 Å². The minimum absolute atomic E-state index is 0.0423. The maximum atomic E-state index is 14.2. The Kier molecular flexibility index (Phi) is 4.73. The van der Waals surface area contributed by atoms with Crippen LogP contribution in [-0.2, 0) is 22.3 Å². The van der Waals surface area contributed by atoms with Crippen LogP contribution in [0.2, 0.25) is 0 Å². The molecule has 2 aromatic rings. The van der Waals surface area contributed by atoms with Gasteiger partial charge in [-0.1, -0.05) is 30.3 Å². The zero-order valence-corrected chi connectivity index (χ0v) is 15.5. The lowest BCUT2D eigenvalue weighted by Crippen LogP contribution is -2.55. The Hall–Kier alpha value is -2.45. The van der Waals surface area contributed by atoms with Gasteiger partial charge in [0.2, 0.25) is 5.91 Å². The highest BCUT2D eigenvalue weighted by atomic mass is 19.4. The van der Waals surface area contributed by atoms with E-state index in [1.165, 1.54) is 16.9 Å². The molecule has 0 aliphatic carbocycles. The number of likely N-dealkylation sites (tertiary alicyclic amines) is 1. The molecule has 0 bridgehead atoms. The molecule has 146 valence electrons. The molecular weight excluding hydrogens is 359 g/mol. The minimum Gasteiger partial charge on any atom is -0.324 e. The van der Waals surface area contributed by atoms with Crippen molar-refractivity contribution in [2.24, 2.45) is 0 Å². The average molecular weight is 381 g/mol. The molecule has 1 aliphatic heterocycles. The summed E-state index contributed by atoms with van der Waals surface area (Å²) >= 11 is 0. The molecule has 9 heteroatoms. The standard InChI is InChI=1S/C18H22F3N5O/c1-16(2,3)26-23-14(22-24-26)12-15(27)25-11-7-10-17(25,18(19,20)21)13-8-5-4-6-9-13/h4-6,8-9H,7,10-12H2,1-3H3. The summed E-state index contributed by atoms with van der Waals surface area (Å²) in [6, 6.07) is 7.62. The number of tetrazole rings is 1. The molecule has 0 spiro atoms. The van der Waals surface area contributed by atoms with Crippen LogP contribution in [-0.4, -0.2) is 43.7 Å². The van der Waals surface area contributed by atoms with Crippen molar-refractivity contribution in [2.75, 3.05) is 6.54 Å². The number of amides is 1. The molecule has 6 nitrogen and oxygen atoms in total. The quantitative estimate of drug-likeness (QED) is 0.820. The van der Waals surface area contributed by atoms with E-state index < -0.39 is 23.2 Å². The van der Waals surface area contributed by atoms with Crippen LogP contribution in [0.15, 0.2) is 30.3 Å². The third kappa shape index (κ3) is 3.42. The first kappa shape index (κ1) is 19.3. The third-order valence-electron chi connectivity index (χ3n) is 4.77. The van der Waals surface area contributed by atoms with E-state index in [4.69, 9.17) is 0 Å². The highest BCUT2D eigenvalue weighted by molar-refractivity contribution is 5.79. The minimum atomic E-state index is -4.59. The van der Waals surface area contributed by atoms with Crippen molar-refractivity contribution in [3.05, 3.63) is 41.7 Å². The summed E-state index contributed by atoms with van der Waals surface area (Å²) in [5.41, 5.74) is -2.66. The van der Waals surface area contributed by atoms with E-state index in [-0.39, 0.29) is 37.2 Å². The molecule has 0 saturated carbocycles. The van der Waals surface area contributed by atoms with Crippen LogP contribution in [0.3, 0.4) is 0 Å². The Morgan fingerprint density at radius 2 is 1.85 bits per heavy atom. The fourth-order valence-electron chi connectivity index (χ4n) is 3.46. The van der Waals surface area contributed by atoms with Gasteiger partial charge in [0.25, 0.3) is 0 Å². The van der Waals surface area contributed by atoms with E-state index in [0.717, 1.165) is 4.90 Å². The van der Waals surface area contributed by atoms with E-state index in [1.54, 1.807) is 18.2 Å². The maximum Gasteiger partial charge on any atom is 0.415 e. The van der Waals surface area contributed by atoms with Gasteiger partial charge in [0, 0.05) is 6.54 Å². The van der Waals surface area contributed by atoms with Gasteiger partial charge in [-0.15, -0.1) is 10.2 Å². The van der Waals surface area contributed by atoms with Crippen LogP contribution in [0.4, 0.5) is 13.2 Å². The van der Waals surface area contributed by atoms with Gasteiger partial charge in [0.05, 0.1) is 12.0 Å². The number of benzene rings is 1. The molecule has 1 unspecified atom stereocenters. The predicted molar refractivity (Wildman–Crippen MR) is 91.6 cm³/mol. The first-order chi connectivity index (χ1) is 12.6. The number of nitrogens with zero attached hydrogens (tertiary/aromatic N) is 5. The molecule has 3 rings (SSSR count). The Morgan fingerprint density at radius 1 is 1.19 bits per heavy atom. The van der Waals surface area contributed by atoms with Gasteiger partial charge in [-0.2, -0.15) is 18.0 Å². The molecule has 2 heterocycles. The number of hydrogen-bond donors (Lipinski definition) is 0. The van der Waals surface area contributed by atoms with Gasteiger partial charge < -0.3 is 4.90 Å². The summed E-state index contributed by atoms with van der Waals surface area (Å²) in [4.78, 5) is 15.1. The van der Waals surface area contributed by atoms with Gasteiger partial charge in [0.15, 0.2) is 11.4 Å². The van der Waals surface area contributed by atoms with E-state index in [2.05, 4.69) is 15.4 Å². The average Bonchev–Trinajstić information content (AvgIpc) is 3.22. The smallest absolute Gasteiger partial charge is 0.324 e. The van der Waals surface area contributed by atoms with E-state index >= 15 is 0 Å². The SMILES string of the molecule is CC(C)(C)n1nnc(CC(=O)N2CCCC2(c2ccccc2)C(F)(F)F)n1. The number of aromatic nitrogens is 4. The summed E-state index contributed by atoms with van der Waals surface area (Å²) in [5, 5.41) is 11.9. The van der Waals surface area contributed by atoms with Crippen LogP contribution in [0.5, 0.6) is 0 Å². The number of carbonyl (C=O) groups is 1. The van der Waals surface area contributed by atoms with Gasteiger partial charge in [-0.3, -0.25) is 4.79 Å². The summed E-state index contributed by atoms with van der Waals surface area (Å²) in [6.07, 6.45) is -4.78. The molecule has 1 saturated heterocycles. The van der Waals surface area contributed by atoms with Crippen LogP contribution in [0.1, 0.15) is 45.0 Å². The van der Waals surface area contributed by atoms with E-state index in [1.807, 2.05) is 20.8 Å². The number of rotatable bonds is 3. The molecular formula is C18H22F3N5O. The normalized spacial score (nSPS) is 20.9. The second-order valence-corrected chi connectivity index (χ2v) is 7.72. The number of alkyl halides is 3. The van der Waals surface area contributed by atoms with Crippen molar-refractivity contribution in [3.63, 3.8) is 0 Å². The van der Waals surface area contributed by atoms with Crippen LogP contribution in [0.25, 0.3) is 0 Å². The van der Waals surface area contributed by atoms with Gasteiger partial charge in [0.1, 0.15) is 0 Å². The molecule has 1 aromatic carbocycles. The molecule has 1 aliphatic rings. The summed E-state index contributed by atoms with van der Waals surface area (Å²) in [6.45, 7) is 5.64. The lowest BCUT2D eigenvalue weighted by Gasteiger charge is -2.40. The highest BCUT2D eigenvalue weighted by Crippen LogP contribution is 2.50. The molecule has 1 fully saturated rings. The number of halogens is 3. The van der Waals surface area contributed by atoms with Gasteiger partial charge >= 0.3 is 6.18 Å². The molecule has 27 heavy (non-hydrogen) atoms. The van der Waals surface area contributed by atoms with Crippen molar-refractivity contribution in [1.29, 1.82) is 0 Å². The van der Waals surface area contributed by atoms with Crippen LogP contribution < -0.4 is 0 Å². The molecule has 1 amide bonds. The highest BCUT2D eigenvalue weighted by Gasteiger charge is 2.62. The zero-order valence-electron chi connectivity index (χ0n) is 15.5. The van der Waals surface area contributed by atoms with Crippen LogP contribution >= 0.6 is 0 Å². The van der Waals surface area contributed by atoms with E-state index in [0.29, 0.717) is 0 Å². The Balaban J connectivity index is 1.92. The van der Waals surface area contributed by atoms with Gasteiger partial charge in [-0.05, 0) is 44.4 Å². The van der Waals surface area contributed by atoms with Crippen molar-refractivity contribution < 1.29 is 18.0 Å². The fraction of sp³-hybridized carbons (Fsp3) is 0.556.